The van der Waals surface area contributed by atoms with Gasteiger partial charge >= 0.3 is 0 Å². The third kappa shape index (κ3) is 4.36. The van der Waals surface area contributed by atoms with Crippen LogP contribution in [0.25, 0.3) is 0 Å². The smallest absolute Gasteiger partial charge is 0.233 e. The maximum absolute atomic E-state index is 13.5. The van der Waals surface area contributed by atoms with Crippen LogP contribution in [0.3, 0.4) is 0 Å². The zero-order valence-corrected chi connectivity index (χ0v) is 17.8. The summed E-state index contributed by atoms with van der Waals surface area (Å²) in [5.74, 6) is 0.171. The van der Waals surface area contributed by atoms with Crippen LogP contribution in [0.1, 0.15) is 24.0 Å². The molecule has 1 amide bonds. The van der Waals surface area contributed by atoms with Gasteiger partial charge in [-0.25, -0.2) is 0 Å². The Morgan fingerprint density at radius 2 is 1.59 bits per heavy atom. The summed E-state index contributed by atoms with van der Waals surface area (Å²) >= 11 is 3.49. The van der Waals surface area contributed by atoms with Gasteiger partial charge in [0.05, 0.1) is 5.41 Å². The summed E-state index contributed by atoms with van der Waals surface area (Å²) in [6.45, 7) is 1.84. The molecule has 1 fully saturated rings. The average Bonchev–Trinajstić information content (AvgIpc) is 2.68. The fourth-order valence-electron chi connectivity index (χ4n) is 3.73. The van der Waals surface area contributed by atoms with E-state index in [9.17, 15) is 4.79 Å². The number of rotatable bonds is 5. The van der Waals surface area contributed by atoms with E-state index < -0.39 is 5.41 Å². The van der Waals surface area contributed by atoms with Gasteiger partial charge < -0.3 is 14.5 Å². The molecule has 0 bridgehead atoms. The average molecular weight is 431 g/mol. The number of carbonyl (C=O) groups is 1. The molecule has 1 saturated heterocycles. The van der Waals surface area contributed by atoms with Gasteiger partial charge in [0.2, 0.25) is 5.91 Å². The first-order chi connectivity index (χ1) is 12.9. The molecular formula is C22H27BrN2O2. The van der Waals surface area contributed by atoms with Gasteiger partial charge in [0, 0.05) is 51.1 Å². The number of amides is 1. The van der Waals surface area contributed by atoms with E-state index in [-0.39, 0.29) is 5.91 Å². The minimum atomic E-state index is -0.503. The number of nitrogens with zero attached hydrogens (tertiary/aromatic N) is 2. The molecule has 1 heterocycles. The van der Waals surface area contributed by atoms with Crippen LogP contribution in [0.2, 0.25) is 0 Å². The van der Waals surface area contributed by atoms with E-state index in [1.54, 1.807) is 0 Å². The Hall–Kier alpha value is -1.85. The molecule has 0 unspecified atom stereocenters. The molecule has 1 aliphatic heterocycles. The molecule has 27 heavy (non-hydrogen) atoms. The second-order valence-corrected chi connectivity index (χ2v) is 8.34. The van der Waals surface area contributed by atoms with Gasteiger partial charge in [0.25, 0.3) is 0 Å². The summed E-state index contributed by atoms with van der Waals surface area (Å²) in [4.78, 5) is 17.5. The topological polar surface area (TPSA) is 32.8 Å². The molecule has 144 valence electrons. The number of halogens is 1. The van der Waals surface area contributed by atoms with E-state index in [1.807, 2.05) is 38.2 Å². The minimum absolute atomic E-state index is 0.171. The predicted octanol–water partition coefficient (Wildman–Crippen LogP) is 4.22. The van der Waals surface area contributed by atoms with Crippen molar-refractivity contribution in [3.63, 3.8) is 0 Å². The van der Waals surface area contributed by atoms with Gasteiger partial charge in [0.1, 0.15) is 0 Å². The number of benzene rings is 2. The van der Waals surface area contributed by atoms with Crippen LogP contribution >= 0.6 is 15.9 Å². The van der Waals surface area contributed by atoms with Crippen molar-refractivity contribution < 1.29 is 9.53 Å². The van der Waals surface area contributed by atoms with Gasteiger partial charge in [-0.15, -0.1) is 0 Å². The molecule has 2 aromatic carbocycles. The summed E-state index contributed by atoms with van der Waals surface area (Å²) in [6, 6.07) is 16.5. The first kappa shape index (κ1) is 19.9. The van der Waals surface area contributed by atoms with E-state index in [0.29, 0.717) is 19.8 Å². The number of hydrogen-bond acceptors (Lipinski definition) is 3. The molecule has 5 heteroatoms. The van der Waals surface area contributed by atoms with Crippen LogP contribution in [0.15, 0.2) is 53.0 Å². The number of carbonyl (C=O) groups excluding carboxylic acids is 1. The standard InChI is InChI=1S/C22H27BrN2O2/c1-24(2)20-10-4-17(5-11-20)16-25(3)21(26)22(12-14-27-15-13-22)18-6-8-19(23)9-7-18/h4-11H,12-16H2,1-3H3. The summed E-state index contributed by atoms with van der Waals surface area (Å²) in [7, 11) is 5.95. The van der Waals surface area contributed by atoms with Crippen molar-refractivity contribution in [2.24, 2.45) is 0 Å². The van der Waals surface area contributed by atoms with Crippen molar-refractivity contribution in [1.29, 1.82) is 0 Å². The zero-order chi connectivity index (χ0) is 19.4. The van der Waals surface area contributed by atoms with Gasteiger partial charge in [-0.2, -0.15) is 0 Å². The van der Waals surface area contributed by atoms with E-state index in [1.165, 1.54) is 0 Å². The SMILES string of the molecule is CN(Cc1ccc(N(C)C)cc1)C(=O)C1(c2ccc(Br)cc2)CCOCC1. The predicted molar refractivity (Wildman–Crippen MR) is 113 cm³/mol. The Morgan fingerprint density at radius 3 is 2.15 bits per heavy atom. The van der Waals surface area contributed by atoms with E-state index >= 15 is 0 Å². The van der Waals surface area contributed by atoms with Crippen molar-refractivity contribution in [3.8, 4) is 0 Å². The lowest BCUT2D eigenvalue weighted by atomic mass is 9.73. The Balaban J connectivity index is 1.82. The fourth-order valence-corrected chi connectivity index (χ4v) is 3.99. The Morgan fingerprint density at radius 1 is 1.00 bits per heavy atom. The number of likely N-dealkylation sites (N-methyl/N-ethyl adjacent to an activating group) is 1. The maximum atomic E-state index is 13.5. The highest BCUT2D eigenvalue weighted by molar-refractivity contribution is 9.10. The highest BCUT2D eigenvalue weighted by Crippen LogP contribution is 2.37. The third-order valence-electron chi connectivity index (χ3n) is 5.37. The summed E-state index contributed by atoms with van der Waals surface area (Å²) < 4.78 is 6.59. The summed E-state index contributed by atoms with van der Waals surface area (Å²) in [5.41, 5.74) is 2.86. The molecule has 0 aliphatic carbocycles. The first-order valence-electron chi connectivity index (χ1n) is 9.28. The minimum Gasteiger partial charge on any atom is -0.381 e. The normalized spacial score (nSPS) is 16.0. The Labute approximate surface area is 170 Å². The molecule has 4 nitrogen and oxygen atoms in total. The third-order valence-corrected chi connectivity index (χ3v) is 5.90. The lowest BCUT2D eigenvalue weighted by Crippen LogP contribution is -2.48. The lowest BCUT2D eigenvalue weighted by molar-refractivity contribution is -0.140. The maximum Gasteiger partial charge on any atom is 0.233 e. The van der Waals surface area contributed by atoms with Gasteiger partial charge in [0.15, 0.2) is 0 Å². The Bertz CT molecular complexity index is 766. The summed E-state index contributed by atoms with van der Waals surface area (Å²) in [5, 5.41) is 0. The highest BCUT2D eigenvalue weighted by atomic mass is 79.9. The van der Waals surface area contributed by atoms with Gasteiger partial charge in [-0.3, -0.25) is 4.79 Å². The summed E-state index contributed by atoms with van der Waals surface area (Å²) in [6.07, 6.45) is 1.44. The quantitative estimate of drug-likeness (QED) is 0.711. The second kappa shape index (κ2) is 8.44. The largest absolute Gasteiger partial charge is 0.381 e. The Kier molecular flexibility index (Phi) is 6.22. The molecule has 0 N–H and O–H groups in total. The van der Waals surface area contributed by atoms with E-state index in [0.717, 1.165) is 34.1 Å². The van der Waals surface area contributed by atoms with Crippen molar-refractivity contribution >= 4 is 27.5 Å². The fraction of sp³-hybridized carbons (Fsp3) is 0.409. The van der Waals surface area contributed by atoms with Crippen LogP contribution < -0.4 is 4.90 Å². The number of hydrogen-bond donors (Lipinski definition) is 0. The van der Waals surface area contributed by atoms with Crippen molar-refractivity contribution in [2.45, 2.75) is 24.8 Å². The van der Waals surface area contributed by atoms with Crippen LogP contribution in [0.4, 0.5) is 5.69 Å². The molecule has 0 spiro atoms. The van der Waals surface area contributed by atoms with Crippen LogP contribution in [0.5, 0.6) is 0 Å². The molecule has 1 aliphatic rings. The lowest BCUT2D eigenvalue weighted by Gasteiger charge is -2.39. The molecular weight excluding hydrogens is 404 g/mol. The molecule has 2 aromatic rings. The van der Waals surface area contributed by atoms with E-state index in [4.69, 9.17) is 4.74 Å². The number of ether oxygens (including phenoxy) is 1. The molecule has 0 saturated carbocycles. The number of anilines is 1. The second-order valence-electron chi connectivity index (χ2n) is 7.42. The van der Waals surface area contributed by atoms with Gasteiger partial charge in [-0.05, 0) is 48.2 Å². The molecule has 0 atom stereocenters. The molecule has 0 radical (unpaired) electrons. The zero-order valence-electron chi connectivity index (χ0n) is 16.2. The van der Waals surface area contributed by atoms with Crippen molar-refractivity contribution in [3.05, 3.63) is 64.1 Å². The molecule has 3 rings (SSSR count). The van der Waals surface area contributed by atoms with Crippen LogP contribution in [0, 0.1) is 0 Å². The molecule has 0 aromatic heterocycles. The van der Waals surface area contributed by atoms with E-state index in [2.05, 4.69) is 57.2 Å². The van der Waals surface area contributed by atoms with Gasteiger partial charge in [-0.1, -0.05) is 40.2 Å². The van der Waals surface area contributed by atoms with Crippen LogP contribution in [-0.4, -0.2) is 45.2 Å². The van der Waals surface area contributed by atoms with Crippen molar-refractivity contribution in [2.75, 3.05) is 39.3 Å². The monoisotopic (exact) mass is 430 g/mol. The highest BCUT2D eigenvalue weighted by Gasteiger charge is 2.43. The van der Waals surface area contributed by atoms with Crippen molar-refractivity contribution in [1.82, 2.24) is 4.90 Å². The van der Waals surface area contributed by atoms with Crippen LogP contribution in [-0.2, 0) is 21.5 Å². The first-order valence-corrected chi connectivity index (χ1v) is 10.1.